The van der Waals surface area contributed by atoms with Crippen LogP contribution in [0.5, 0.6) is 0 Å². The predicted molar refractivity (Wildman–Crippen MR) is 122 cm³/mol. The molecule has 0 aliphatic carbocycles. The van der Waals surface area contributed by atoms with Gasteiger partial charge in [-0.3, -0.25) is 14.2 Å². The van der Waals surface area contributed by atoms with Gasteiger partial charge in [0.2, 0.25) is 5.91 Å². The monoisotopic (exact) mass is 416 g/mol. The van der Waals surface area contributed by atoms with Gasteiger partial charge in [0, 0.05) is 18.4 Å². The molecule has 7 heteroatoms. The summed E-state index contributed by atoms with van der Waals surface area (Å²) >= 11 is 0. The number of hydrogen-bond acceptors (Lipinski definition) is 3. The van der Waals surface area contributed by atoms with Gasteiger partial charge in [0.15, 0.2) is 0 Å². The third-order valence-corrected chi connectivity index (χ3v) is 5.39. The van der Waals surface area contributed by atoms with Crippen molar-refractivity contribution < 1.29 is 4.79 Å². The van der Waals surface area contributed by atoms with E-state index >= 15 is 0 Å². The maximum absolute atomic E-state index is 13.4. The summed E-state index contributed by atoms with van der Waals surface area (Å²) in [5, 5.41) is 2.87. The molecule has 1 amide bonds. The molecule has 2 aromatic heterocycles. The van der Waals surface area contributed by atoms with Gasteiger partial charge in [0.1, 0.15) is 12.1 Å². The highest BCUT2D eigenvalue weighted by Gasteiger charge is 2.20. The zero-order valence-electron chi connectivity index (χ0n) is 18.0. The van der Waals surface area contributed by atoms with Crippen LogP contribution in [0, 0.1) is 20.8 Å². The second-order valence-corrected chi connectivity index (χ2v) is 7.85. The van der Waals surface area contributed by atoms with E-state index in [0.29, 0.717) is 22.4 Å². The standard InChI is InChI=1S/C24H24N4O3/c1-15-10-16(2)12-18(11-15)25-21(29)14-27-20-13-17(3)26(4)22(20)23(30)28(24(27)31)19-8-6-5-7-9-19/h5-13H,14H2,1-4H3,(H,25,29). The summed E-state index contributed by atoms with van der Waals surface area (Å²) in [7, 11) is 1.78. The Morgan fingerprint density at radius 3 is 2.23 bits per heavy atom. The molecule has 4 aromatic rings. The van der Waals surface area contributed by atoms with Gasteiger partial charge >= 0.3 is 5.69 Å². The quantitative estimate of drug-likeness (QED) is 0.555. The van der Waals surface area contributed by atoms with Gasteiger partial charge in [-0.15, -0.1) is 0 Å². The highest BCUT2D eigenvalue weighted by Crippen LogP contribution is 2.16. The van der Waals surface area contributed by atoms with Gasteiger partial charge < -0.3 is 9.88 Å². The molecule has 2 heterocycles. The molecule has 0 saturated heterocycles. The zero-order chi connectivity index (χ0) is 22.3. The van der Waals surface area contributed by atoms with Crippen molar-refractivity contribution in [3.8, 4) is 5.69 Å². The number of hydrogen-bond donors (Lipinski definition) is 1. The van der Waals surface area contributed by atoms with Crippen LogP contribution in [-0.4, -0.2) is 19.6 Å². The lowest BCUT2D eigenvalue weighted by molar-refractivity contribution is -0.116. The van der Waals surface area contributed by atoms with Crippen LogP contribution < -0.4 is 16.6 Å². The molecule has 0 bridgehead atoms. The summed E-state index contributed by atoms with van der Waals surface area (Å²) in [6, 6.07) is 16.3. The van der Waals surface area contributed by atoms with Gasteiger partial charge in [0.25, 0.3) is 5.56 Å². The first-order valence-corrected chi connectivity index (χ1v) is 10.0. The molecule has 0 saturated carbocycles. The second kappa shape index (κ2) is 7.75. The Kier molecular flexibility index (Phi) is 5.10. The first kappa shape index (κ1) is 20.4. The molecule has 0 radical (unpaired) electrons. The number of benzene rings is 2. The highest BCUT2D eigenvalue weighted by atomic mass is 16.2. The molecule has 0 aliphatic rings. The molecule has 158 valence electrons. The fourth-order valence-electron chi connectivity index (χ4n) is 3.94. The van der Waals surface area contributed by atoms with Gasteiger partial charge in [-0.1, -0.05) is 24.3 Å². The lowest BCUT2D eigenvalue weighted by atomic mass is 10.1. The minimum absolute atomic E-state index is 0.209. The van der Waals surface area contributed by atoms with Crippen molar-refractivity contribution in [2.75, 3.05) is 5.32 Å². The van der Waals surface area contributed by atoms with Crippen LogP contribution in [0.25, 0.3) is 16.7 Å². The largest absolute Gasteiger partial charge is 0.342 e. The van der Waals surface area contributed by atoms with E-state index < -0.39 is 11.2 Å². The lowest BCUT2D eigenvalue weighted by Crippen LogP contribution is -2.41. The number of para-hydroxylation sites is 1. The van der Waals surface area contributed by atoms with Crippen molar-refractivity contribution in [1.82, 2.24) is 13.7 Å². The Bertz CT molecular complexity index is 1410. The van der Waals surface area contributed by atoms with Crippen molar-refractivity contribution in [3.05, 3.63) is 92.3 Å². The molecule has 0 atom stereocenters. The number of nitrogens with zero attached hydrogens (tertiary/aromatic N) is 3. The maximum Gasteiger partial charge on any atom is 0.336 e. The third-order valence-electron chi connectivity index (χ3n) is 5.39. The summed E-state index contributed by atoms with van der Waals surface area (Å²) < 4.78 is 4.22. The Morgan fingerprint density at radius 1 is 0.935 bits per heavy atom. The number of aryl methyl sites for hydroxylation is 4. The van der Waals surface area contributed by atoms with Crippen molar-refractivity contribution >= 4 is 22.6 Å². The Morgan fingerprint density at radius 2 is 1.58 bits per heavy atom. The van der Waals surface area contributed by atoms with E-state index in [4.69, 9.17) is 0 Å². The molecule has 1 N–H and O–H groups in total. The molecule has 0 fully saturated rings. The fourth-order valence-corrected chi connectivity index (χ4v) is 3.94. The molecule has 4 rings (SSSR count). The predicted octanol–water partition coefficient (Wildman–Crippen LogP) is 3.05. The molecule has 0 spiro atoms. The molecule has 0 unspecified atom stereocenters. The topological polar surface area (TPSA) is 78.0 Å². The number of carbonyl (C=O) groups is 1. The number of fused-ring (bicyclic) bond motifs is 1. The number of amides is 1. The normalized spacial score (nSPS) is 11.1. The first-order chi connectivity index (χ1) is 14.8. The van der Waals surface area contributed by atoms with Gasteiger partial charge in [-0.2, -0.15) is 0 Å². The molecule has 7 nitrogen and oxygen atoms in total. The average Bonchev–Trinajstić information content (AvgIpc) is 3.00. The summed E-state index contributed by atoms with van der Waals surface area (Å²) in [6.45, 7) is 5.56. The van der Waals surface area contributed by atoms with E-state index in [9.17, 15) is 14.4 Å². The lowest BCUT2D eigenvalue weighted by Gasteiger charge is -2.13. The highest BCUT2D eigenvalue weighted by molar-refractivity contribution is 5.91. The summed E-state index contributed by atoms with van der Waals surface area (Å²) in [4.78, 5) is 39.4. The minimum Gasteiger partial charge on any atom is -0.342 e. The third kappa shape index (κ3) is 3.70. The summed E-state index contributed by atoms with van der Waals surface area (Å²) in [5.74, 6) is -0.340. The van der Waals surface area contributed by atoms with E-state index in [1.165, 1.54) is 4.57 Å². The Hall–Kier alpha value is -3.87. The van der Waals surface area contributed by atoms with Crippen LogP contribution in [-0.2, 0) is 18.4 Å². The molecular weight excluding hydrogens is 392 g/mol. The van der Waals surface area contributed by atoms with Crippen LogP contribution in [0.2, 0.25) is 0 Å². The first-order valence-electron chi connectivity index (χ1n) is 10.0. The van der Waals surface area contributed by atoms with Crippen molar-refractivity contribution in [2.24, 2.45) is 7.05 Å². The molecule has 2 aromatic carbocycles. The number of anilines is 1. The van der Waals surface area contributed by atoms with Crippen LogP contribution in [0.4, 0.5) is 5.69 Å². The van der Waals surface area contributed by atoms with Crippen molar-refractivity contribution in [2.45, 2.75) is 27.3 Å². The minimum atomic E-state index is -0.551. The van der Waals surface area contributed by atoms with Crippen LogP contribution in [0.1, 0.15) is 16.8 Å². The summed E-state index contributed by atoms with van der Waals surface area (Å²) in [5.41, 5.74) is 3.88. The number of carbonyl (C=O) groups excluding carboxylic acids is 1. The van der Waals surface area contributed by atoms with Gasteiger partial charge in [-0.05, 0) is 62.2 Å². The maximum atomic E-state index is 13.4. The smallest absolute Gasteiger partial charge is 0.336 e. The summed E-state index contributed by atoms with van der Waals surface area (Å²) in [6.07, 6.45) is 0. The van der Waals surface area contributed by atoms with Gasteiger partial charge in [0.05, 0.1) is 11.2 Å². The Labute approximate surface area is 179 Å². The fraction of sp³-hybridized carbons (Fsp3) is 0.208. The zero-order valence-corrected chi connectivity index (χ0v) is 18.0. The van der Waals surface area contributed by atoms with E-state index in [-0.39, 0.29) is 12.5 Å². The van der Waals surface area contributed by atoms with E-state index in [2.05, 4.69) is 5.32 Å². The second-order valence-electron chi connectivity index (χ2n) is 7.85. The van der Waals surface area contributed by atoms with E-state index in [0.717, 1.165) is 21.4 Å². The van der Waals surface area contributed by atoms with Crippen LogP contribution in [0.3, 0.4) is 0 Å². The van der Waals surface area contributed by atoms with E-state index in [1.54, 1.807) is 41.9 Å². The average molecular weight is 416 g/mol. The SMILES string of the molecule is Cc1cc(C)cc(NC(=O)Cn2c(=O)n(-c3ccccc3)c(=O)c3c2cc(C)n3C)c1. The van der Waals surface area contributed by atoms with Gasteiger partial charge in [-0.25, -0.2) is 9.36 Å². The van der Waals surface area contributed by atoms with Crippen molar-refractivity contribution in [1.29, 1.82) is 0 Å². The number of rotatable bonds is 4. The molecule has 31 heavy (non-hydrogen) atoms. The van der Waals surface area contributed by atoms with Crippen LogP contribution >= 0.6 is 0 Å². The van der Waals surface area contributed by atoms with Crippen molar-refractivity contribution in [3.63, 3.8) is 0 Å². The number of aromatic nitrogens is 3. The Balaban J connectivity index is 1.85. The van der Waals surface area contributed by atoms with Crippen LogP contribution in [0.15, 0.2) is 64.2 Å². The molecule has 0 aliphatic heterocycles. The van der Waals surface area contributed by atoms with E-state index in [1.807, 2.05) is 45.0 Å². The molecular formula is C24H24N4O3. The number of nitrogens with one attached hydrogen (secondary N) is 1.